The number of benzene rings is 1. The molecule has 0 aromatic heterocycles. The van der Waals surface area contributed by atoms with Crippen LogP contribution in [0.1, 0.15) is 36.7 Å². The highest BCUT2D eigenvalue weighted by Crippen LogP contribution is 2.22. The van der Waals surface area contributed by atoms with E-state index in [1.807, 2.05) is 0 Å². The van der Waals surface area contributed by atoms with E-state index in [1.54, 1.807) is 26.8 Å². The van der Waals surface area contributed by atoms with Gasteiger partial charge in [-0.1, -0.05) is 19.1 Å². The molecule has 0 saturated heterocycles. The van der Waals surface area contributed by atoms with Crippen LogP contribution in [0.25, 0.3) is 0 Å². The van der Waals surface area contributed by atoms with E-state index in [0.717, 1.165) is 6.07 Å². The molecular formula is C15H17N3O4. The van der Waals surface area contributed by atoms with E-state index in [1.165, 1.54) is 12.1 Å². The van der Waals surface area contributed by atoms with Crippen molar-refractivity contribution >= 4 is 17.4 Å². The van der Waals surface area contributed by atoms with Crippen LogP contribution in [-0.2, 0) is 11.2 Å². The second kappa shape index (κ2) is 7.31. The van der Waals surface area contributed by atoms with Gasteiger partial charge in [0.15, 0.2) is 11.7 Å². The largest absolute Gasteiger partial charge is 0.352 e. The van der Waals surface area contributed by atoms with Gasteiger partial charge in [-0.3, -0.25) is 19.7 Å². The number of hydrogen-bond donors (Lipinski definition) is 1. The van der Waals surface area contributed by atoms with Gasteiger partial charge in [-0.2, -0.15) is 5.26 Å². The summed E-state index contributed by atoms with van der Waals surface area (Å²) in [5, 5.41) is 22.6. The van der Waals surface area contributed by atoms with Gasteiger partial charge in [0.05, 0.1) is 11.0 Å². The van der Waals surface area contributed by atoms with Gasteiger partial charge in [0.2, 0.25) is 5.91 Å². The Kier molecular flexibility index (Phi) is 5.75. The Hall–Kier alpha value is -2.75. The zero-order valence-corrected chi connectivity index (χ0v) is 12.6. The van der Waals surface area contributed by atoms with Crippen molar-refractivity contribution in [1.82, 2.24) is 5.32 Å². The molecule has 1 N–H and O–H groups in total. The van der Waals surface area contributed by atoms with Crippen LogP contribution in [0, 0.1) is 27.4 Å². The first-order valence-electron chi connectivity index (χ1n) is 6.83. The number of carbonyl (C=O) groups excluding carboxylic acids is 2. The molecule has 0 aliphatic heterocycles. The van der Waals surface area contributed by atoms with Crippen molar-refractivity contribution in [3.63, 3.8) is 0 Å². The lowest BCUT2D eigenvalue weighted by atomic mass is 9.95. The maximum Gasteiger partial charge on any atom is 0.273 e. The fraction of sp³-hybridized carbons (Fsp3) is 0.400. The molecule has 0 radical (unpaired) electrons. The number of nitro benzene ring substituents is 1. The van der Waals surface area contributed by atoms with Crippen molar-refractivity contribution in [2.45, 2.75) is 33.2 Å². The van der Waals surface area contributed by atoms with Gasteiger partial charge in [-0.25, -0.2) is 0 Å². The number of amides is 1. The van der Waals surface area contributed by atoms with Gasteiger partial charge in [-0.05, 0) is 20.3 Å². The quantitative estimate of drug-likeness (QED) is 0.374. The Morgan fingerprint density at radius 1 is 1.41 bits per heavy atom. The lowest BCUT2D eigenvalue weighted by Crippen LogP contribution is -2.38. The Morgan fingerprint density at radius 3 is 2.50 bits per heavy atom. The van der Waals surface area contributed by atoms with Crippen molar-refractivity contribution in [3.8, 4) is 6.07 Å². The molecule has 0 fully saturated rings. The summed E-state index contributed by atoms with van der Waals surface area (Å²) in [7, 11) is 0. The van der Waals surface area contributed by atoms with E-state index in [2.05, 4.69) is 5.32 Å². The minimum Gasteiger partial charge on any atom is -0.352 e. The average molecular weight is 303 g/mol. The maximum absolute atomic E-state index is 12.3. The van der Waals surface area contributed by atoms with Crippen LogP contribution < -0.4 is 5.32 Å². The van der Waals surface area contributed by atoms with Gasteiger partial charge in [0, 0.05) is 23.2 Å². The number of rotatable bonds is 6. The van der Waals surface area contributed by atoms with E-state index in [4.69, 9.17) is 5.26 Å². The van der Waals surface area contributed by atoms with Crippen LogP contribution in [0.3, 0.4) is 0 Å². The summed E-state index contributed by atoms with van der Waals surface area (Å²) >= 11 is 0. The number of nitriles is 1. The second-order valence-corrected chi connectivity index (χ2v) is 5.04. The zero-order chi connectivity index (χ0) is 16.9. The van der Waals surface area contributed by atoms with Gasteiger partial charge in [0.25, 0.3) is 5.69 Å². The first kappa shape index (κ1) is 17.3. The maximum atomic E-state index is 12.3. The van der Waals surface area contributed by atoms with Crippen LogP contribution in [-0.4, -0.2) is 22.7 Å². The number of hydrogen-bond acceptors (Lipinski definition) is 5. The minimum atomic E-state index is -1.52. The molecule has 22 heavy (non-hydrogen) atoms. The minimum absolute atomic E-state index is 0.0191. The molecule has 1 rings (SSSR count). The zero-order valence-electron chi connectivity index (χ0n) is 12.6. The summed E-state index contributed by atoms with van der Waals surface area (Å²) < 4.78 is 0. The molecular weight excluding hydrogens is 286 g/mol. The number of Topliss-reactive ketones (excluding diaryl/α,β-unsaturated/α-hetero) is 1. The number of ketones is 1. The average Bonchev–Trinajstić information content (AvgIpc) is 2.46. The van der Waals surface area contributed by atoms with E-state index in [-0.39, 0.29) is 17.3 Å². The normalized spacial score (nSPS) is 11.6. The molecule has 1 unspecified atom stereocenters. The van der Waals surface area contributed by atoms with Gasteiger partial charge in [0.1, 0.15) is 0 Å². The molecule has 1 amide bonds. The molecule has 7 nitrogen and oxygen atoms in total. The summed E-state index contributed by atoms with van der Waals surface area (Å²) in [6.45, 7) is 5.17. The molecule has 116 valence electrons. The van der Waals surface area contributed by atoms with Crippen molar-refractivity contribution < 1.29 is 14.5 Å². The monoisotopic (exact) mass is 303 g/mol. The molecule has 0 aliphatic rings. The third kappa shape index (κ3) is 3.88. The van der Waals surface area contributed by atoms with Crippen molar-refractivity contribution in [2.24, 2.45) is 5.92 Å². The van der Waals surface area contributed by atoms with Crippen LogP contribution >= 0.6 is 0 Å². The first-order chi connectivity index (χ1) is 10.3. The van der Waals surface area contributed by atoms with Crippen LogP contribution in [0.2, 0.25) is 0 Å². The molecule has 0 saturated carbocycles. The topological polar surface area (TPSA) is 113 Å². The molecule has 0 spiro atoms. The number of nitrogens with one attached hydrogen (secondary N) is 1. The Morgan fingerprint density at radius 2 is 2.05 bits per heavy atom. The number of carbonyl (C=O) groups is 2. The smallest absolute Gasteiger partial charge is 0.273 e. The Labute approximate surface area is 128 Å². The van der Waals surface area contributed by atoms with Gasteiger partial charge < -0.3 is 5.32 Å². The van der Waals surface area contributed by atoms with Gasteiger partial charge >= 0.3 is 0 Å². The predicted molar refractivity (Wildman–Crippen MR) is 79.2 cm³/mol. The summed E-state index contributed by atoms with van der Waals surface area (Å²) in [5.41, 5.74) is 0.283. The highest BCUT2D eigenvalue weighted by atomic mass is 16.6. The second-order valence-electron chi connectivity index (χ2n) is 5.04. The highest BCUT2D eigenvalue weighted by molar-refractivity contribution is 6.12. The van der Waals surface area contributed by atoms with Crippen molar-refractivity contribution in [2.75, 3.05) is 0 Å². The van der Waals surface area contributed by atoms with Crippen LogP contribution in [0.15, 0.2) is 18.2 Å². The lowest BCUT2D eigenvalue weighted by Gasteiger charge is -2.12. The standard InChI is InChI=1S/C15H17N3O4/c1-4-10-5-6-11(7-13(10)18(21)22)14(19)12(8-16)15(20)17-9(2)3/h5-7,9,12H,4H2,1-3H3,(H,17,20). The molecule has 0 aliphatic carbocycles. The summed E-state index contributed by atoms with van der Waals surface area (Å²) in [6.07, 6.45) is 0.445. The van der Waals surface area contributed by atoms with Gasteiger partial charge in [-0.15, -0.1) is 0 Å². The number of aryl methyl sites for hydroxylation is 1. The summed E-state index contributed by atoms with van der Waals surface area (Å²) in [5.74, 6) is -2.97. The van der Waals surface area contributed by atoms with E-state index >= 15 is 0 Å². The summed E-state index contributed by atoms with van der Waals surface area (Å²) in [4.78, 5) is 34.6. The summed E-state index contributed by atoms with van der Waals surface area (Å²) in [6, 6.07) is 5.43. The van der Waals surface area contributed by atoms with E-state index in [9.17, 15) is 19.7 Å². The van der Waals surface area contributed by atoms with Crippen molar-refractivity contribution in [1.29, 1.82) is 5.26 Å². The molecule has 1 atom stereocenters. The lowest BCUT2D eigenvalue weighted by molar-refractivity contribution is -0.385. The fourth-order valence-corrected chi connectivity index (χ4v) is 1.96. The van der Waals surface area contributed by atoms with Crippen LogP contribution in [0.5, 0.6) is 0 Å². The van der Waals surface area contributed by atoms with Crippen molar-refractivity contribution in [3.05, 3.63) is 39.4 Å². The molecule has 1 aromatic carbocycles. The molecule has 0 bridgehead atoms. The first-order valence-corrected chi connectivity index (χ1v) is 6.83. The van der Waals surface area contributed by atoms with E-state index < -0.39 is 22.5 Å². The number of nitrogens with zero attached hydrogens (tertiary/aromatic N) is 2. The fourth-order valence-electron chi connectivity index (χ4n) is 1.96. The molecule has 0 heterocycles. The number of nitro groups is 1. The highest BCUT2D eigenvalue weighted by Gasteiger charge is 2.29. The SMILES string of the molecule is CCc1ccc(C(=O)C(C#N)C(=O)NC(C)C)cc1[N+](=O)[O-]. The molecule has 1 aromatic rings. The Bertz CT molecular complexity index is 647. The predicted octanol–water partition coefficient (Wildman–Crippen LogP) is 2.00. The third-order valence-corrected chi connectivity index (χ3v) is 3.03. The third-order valence-electron chi connectivity index (χ3n) is 3.03. The van der Waals surface area contributed by atoms with Crippen LogP contribution in [0.4, 0.5) is 5.69 Å². The molecule has 7 heteroatoms. The Balaban J connectivity index is 3.16. The van der Waals surface area contributed by atoms with E-state index in [0.29, 0.717) is 12.0 Å².